The number of rotatable bonds is 4. The first kappa shape index (κ1) is 13.7. The minimum atomic E-state index is -0.659. The smallest absolute Gasteiger partial charge is 0.299 e. The first-order valence-electron chi connectivity index (χ1n) is 5.97. The zero-order chi connectivity index (χ0) is 14.0. The van der Waals surface area contributed by atoms with Crippen LogP contribution in [0.5, 0.6) is 0 Å². The summed E-state index contributed by atoms with van der Waals surface area (Å²) < 4.78 is 0.632. The molecule has 1 N–H and O–H groups in total. The van der Waals surface area contributed by atoms with Crippen molar-refractivity contribution in [3.05, 3.63) is 28.2 Å². The molecule has 6 heteroatoms. The first-order valence-corrected chi connectivity index (χ1v) is 6.77. The molecule has 2 amide bonds. The number of Topliss-reactive ketones (excluding diaryl/α,β-unsaturated/α-hetero) is 1. The van der Waals surface area contributed by atoms with Gasteiger partial charge in [0.2, 0.25) is 5.91 Å². The number of ketones is 1. The van der Waals surface area contributed by atoms with Crippen molar-refractivity contribution in [3.8, 4) is 0 Å². The third-order valence-corrected chi connectivity index (χ3v) is 3.45. The minimum Gasteiger partial charge on any atom is -0.355 e. The lowest BCUT2D eigenvalue weighted by Crippen LogP contribution is -2.40. The second-order valence-electron chi connectivity index (χ2n) is 4.21. The quantitative estimate of drug-likeness (QED) is 0.853. The molecule has 5 nitrogen and oxygen atoms in total. The van der Waals surface area contributed by atoms with E-state index in [9.17, 15) is 14.4 Å². The number of nitrogens with one attached hydrogen (secondary N) is 1. The van der Waals surface area contributed by atoms with E-state index in [0.29, 0.717) is 22.3 Å². The van der Waals surface area contributed by atoms with Crippen molar-refractivity contribution in [2.24, 2.45) is 0 Å². The lowest BCUT2D eigenvalue weighted by Gasteiger charge is -2.17. The molecular formula is C13H13BrN2O3. The molecule has 0 unspecified atom stereocenters. The van der Waals surface area contributed by atoms with E-state index < -0.39 is 11.7 Å². The Kier molecular flexibility index (Phi) is 3.99. The number of hydrogen-bond acceptors (Lipinski definition) is 3. The van der Waals surface area contributed by atoms with Crippen molar-refractivity contribution in [2.45, 2.75) is 13.3 Å². The van der Waals surface area contributed by atoms with Gasteiger partial charge in [-0.15, -0.1) is 0 Å². The number of para-hydroxylation sites is 1. The maximum absolute atomic E-state index is 11.9. The lowest BCUT2D eigenvalue weighted by molar-refractivity contribution is -0.122. The molecule has 0 aromatic heterocycles. The van der Waals surface area contributed by atoms with Crippen LogP contribution in [0.4, 0.5) is 5.69 Å². The molecule has 1 heterocycles. The number of benzene rings is 1. The molecule has 100 valence electrons. The summed E-state index contributed by atoms with van der Waals surface area (Å²) >= 11 is 3.31. The summed E-state index contributed by atoms with van der Waals surface area (Å²) in [4.78, 5) is 36.6. The van der Waals surface area contributed by atoms with Crippen LogP contribution < -0.4 is 10.2 Å². The van der Waals surface area contributed by atoms with Crippen molar-refractivity contribution in [1.29, 1.82) is 0 Å². The molecule has 0 saturated carbocycles. The summed E-state index contributed by atoms with van der Waals surface area (Å²) in [5, 5.41) is 2.69. The van der Waals surface area contributed by atoms with Gasteiger partial charge in [-0.1, -0.05) is 13.0 Å². The lowest BCUT2D eigenvalue weighted by atomic mass is 10.1. The fraction of sp³-hybridized carbons (Fsp3) is 0.308. The van der Waals surface area contributed by atoms with E-state index in [0.717, 1.165) is 6.42 Å². The van der Waals surface area contributed by atoms with Crippen molar-refractivity contribution < 1.29 is 14.4 Å². The zero-order valence-electron chi connectivity index (χ0n) is 10.4. The summed E-state index contributed by atoms with van der Waals surface area (Å²) in [6.45, 7) is 2.36. The predicted octanol–water partition coefficient (Wildman–Crippen LogP) is 1.50. The monoisotopic (exact) mass is 324 g/mol. The van der Waals surface area contributed by atoms with Gasteiger partial charge >= 0.3 is 0 Å². The minimum absolute atomic E-state index is 0.139. The van der Waals surface area contributed by atoms with Crippen molar-refractivity contribution in [3.63, 3.8) is 0 Å². The second kappa shape index (κ2) is 5.52. The predicted molar refractivity (Wildman–Crippen MR) is 74.1 cm³/mol. The third-order valence-electron chi connectivity index (χ3n) is 2.81. The Morgan fingerprint density at radius 3 is 2.79 bits per heavy atom. The Hall–Kier alpha value is -1.69. The van der Waals surface area contributed by atoms with Crippen LogP contribution >= 0.6 is 15.9 Å². The summed E-state index contributed by atoms with van der Waals surface area (Å²) in [5.74, 6) is -1.50. The van der Waals surface area contributed by atoms with Gasteiger partial charge in [-0.3, -0.25) is 19.3 Å². The van der Waals surface area contributed by atoms with E-state index in [1.807, 2.05) is 6.92 Å². The zero-order valence-corrected chi connectivity index (χ0v) is 12.0. The SMILES string of the molecule is CCCNC(=O)CN1C(=O)C(=O)c2cccc(Br)c21. The van der Waals surface area contributed by atoms with Crippen LogP contribution in [0.1, 0.15) is 23.7 Å². The number of nitrogens with zero attached hydrogens (tertiary/aromatic N) is 1. The van der Waals surface area contributed by atoms with Gasteiger partial charge in [0.05, 0.1) is 11.3 Å². The van der Waals surface area contributed by atoms with Crippen LogP contribution in [-0.4, -0.2) is 30.7 Å². The van der Waals surface area contributed by atoms with Crippen LogP contribution in [0.3, 0.4) is 0 Å². The number of amides is 2. The van der Waals surface area contributed by atoms with Gasteiger partial charge in [-0.25, -0.2) is 0 Å². The van der Waals surface area contributed by atoms with E-state index in [1.54, 1.807) is 18.2 Å². The molecule has 1 aromatic rings. The highest BCUT2D eigenvalue weighted by atomic mass is 79.9. The molecule has 19 heavy (non-hydrogen) atoms. The molecule has 0 radical (unpaired) electrons. The number of hydrogen-bond donors (Lipinski definition) is 1. The van der Waals surface area contributed by atoms with Crippen molar-refractivity contribution in [1.82, 2.24) is 5.32 Å². The largest absolute Gasteiger partial charge is 0.355 e. The van der Waals surface area contributed by atoms with Gasteiger partial charge in [-0.05, 0) is 34.5 Å². The topological polar surface area (TPSA) is 66.5 Å². The Balaban J connectivity index is 2.26. The van der Waals surface area contributed by atoms with Gasteiger partial charge in [0, 0.05) is 11.0 Å². The maximum atomic E-state index is 11.9. The molecule has 0 atom stereocenters. The number of anilines is 1. The normalized spacial score (nSPS) is 13.7. The number of fused-ring (bicyclic) bond motifs is 1. The summed E-state index contributed by atoms with van der Waals surface area (Å²) in [6, 6.07) is 5.01. The summed E-state index contributed by atoms with van der Waals surface area (Å²) in [7, 11) is 0. The molecule has 0 saturated heterocycles. The summed E-state index contributed by atoms with van der Waals surface area (Å²) in [5.41, 5.74) is 0.812. The van der Waals surface area contributed by atoms with Crippen LogP contribution in [0, 0.1) is 0 Å². The van der Waals surface area contributed by atoms with Crippen LogP contribution in [0.25, 0.3) is 0 Å². The summed E-state index contributed by atoms with van der Waals surface area (Å²) in [6.07, 6.45) is 0.818. The third kappa shape index (κ3) is 2.53. The van der Waals surface area contributed by atoms with Gasteiger partial charge < -0.3 is 5.32 Å². The Morgan fingerprint density at radius 1 is 1.37 bits per heavy atom. The number of carbonyl (C=O) groups excluding carboxylic acids is 3. The maximum Gasteiger partial charge on any atom is 0.299 e. The highest BCUT2D eigenvalue weighted by molar-refractivity contribution is 9.10. The first-order chi connectivity index (χ1) is 9.06. The van der Waals surface area contributed by atoms with Gasteiger partial charge in [0.25, 0.3) is 11.7 Å². The van der Waals surface area contributed by atoms with E-state index in [1.165, 1.54) is 4.90 Å². The Morgan fingerprint density at radius 2 is 2.11 bits per heavy atom. The molecule has 0 bridgehead atoms. The van der Waals surface area contributed by atoms with E-state index >= 15 is 0 Å². The van der Waals surface area contributed by atoms with Gasteiger partial charge in [0.15, 0.2) is 0 Å². The Bertz CT molecular complexity index is 557. The van der Waals surface area contributed by atoms with Crippen LogP contribution in [0.15, 0.2) is 22.7 Å². The molecule has 0 aliphatic carbocycles. The molecule has 0 spiro atoms. The molecule has 1 aliphatic rings. The molecular weight excluding hydrogens is 312 g/mol. The van der Waals surface area contributed by atoms with E-state index in [2.05, 4.69) is 21.2 Å². The van der Waals surface area contributed by atoms with Crippen molar-refractivity contribution >= 4 is 39.2 Å². The molecule has 1 aromatic carbocycles. The highest BCUT2D eigenvalue weighted by Gasteiger charge is 2.37. The molecule has 0 fully saturated rings. The molecule has 1 aliphatic heterocycles. The van der Waals surface area contributed by atoms with Gasteiger partial charge in [0.1, 0.15) is 6.54 Å². The molecule has 2 rings (SSSR count). The highest BCUT2D eigenvalue weighted by Crippen LogP contribution is 2.35. The average Bonchev–Trinajstić information content (AvgIpc) is 2.63. The fourth-order valence-electron chi connectivity index (χ4n) is 1.93. The van der Waals surface area contributed by atoms with Crippen LogP contribution in [-0.2, 0) is 9.59 Å². The second-order valence-corrected chi connectivity index (χ2v) is 5.06. The average molecular weight is 325 g/mol. The van der Waals surface area contributed by atoms with E-state index in [-0.39, 0.29) is 12.5 Å². The van der Waals surface area contributed by atoms with Crippen molar-refractivity contribution in [2.75, 3.05) is 18.0 Å². The van der Waals surface area contributed by atoms with Gasteiger partial charge in [-0.2, -0.15) is 0 Å². The number of halogens is 1. The van der Waals surface area contributed by atoms with E-state index in [4.69, 9.17) is 0 Å². The standard InChI is InChI=1S/C13H13BrN2O3/c1-2-6-15-10(17)7-16-11-8(12(18)13(16)19)4-3-5-9(11)14/h3-5H,2,6-7H2,1H3,(H,15,17). The number of carbonyl (C=O) groups is 3. The Labute approximate surface area is 119 Å². The fourth-order valence-corrected chi connectivity index (χ4v) is 2.51. The van der Waals surface area contributed by atoms with Crippen LogP contribution in [0.2, 0.25) is 0 Å².